The number of rotatable bonds is 9. The molecular formula is C12H21F3N2O3. The smallest absolute Gasteiger partial charge is 0.401 e. The quantitative estimate of drug-likeness (QED) is 0.603. The number of aliphatic carboxylic acids is 1. The molecule has 5 nitrogen and oxygen atoms in total. The highest BCUT2D eigenvalue weighted by molar-refractivity contribution is 5.78. The minimum absolute atomic E-state index is 0.198. The van der Waals surface area contributed by atoms with Crippen LogP contribution < -0.4 is 10.6 Å². The third-order valence-corrected chi connectivity index (χ3v) is 2.71. The van der Waals surface area contributed by atoms with Gasteiger partial charge in [-0.3, -0.25) is 9.59 Å². The van der Waals surface area contributed by atoms with E-state index in [1.807, 2.05) is 5.32 Å². The first kappa shape index (κ1) is 18.7. The number of nitrogens with one attached hydrogen (secondary N) is 2. The first-order valence-corrected chi connectivity index (χ1v) is 6.41. The number of carbonyl (C=O) groups excluding carboxylic acids is 1. The average Bonchev–Trinajstić information content (AvgIpc) is 2.26. The number of amides is 1. The SMILES string of the molecule is CC(CCCC(C)C(=O)O)NC(=O)CNCC(F)(F)F. The van der Waals surface area contributed by atoms with E-state index < -0.39 is 37.1 Å². The fourth-order valence-corrected chi connectivity index (χ4v) is 1.57. The molecule has 0 spiro atoms. The van der Waals surface area contributed by atoms with Crippen LogP contribution in [0.25, 0.3) is 0 Å². The molecule has 3 N–H and O–H groups in total. The normalized spacial score (nSPS) is 14.7. The maximum atomic E-state index is 11.8. The molecule has 0 aliphatic carbocycles. The number of carbonyl (C=O) groups is 2. The molecule has 0 fully saturated rings. The van der Waals surface area contributed by atoms with Crippen LogP contribution >= 0.6 is 0 Å². The fraction of sp³-hybridized carbons (Fsp3) is 0.833. The number of alkyl halides is 3. The highest BCUT2D eigenvalue weighted by atomic mass is 19.4. The van der Waals surface area contributed by atoms with Gasteiger partial charge in [0.2, 0.25) is 5.91 Å². The number of hydrogen-bond donors (Lipinski definition) is 3. The lowest BCUT2D eigenvalue weighted by molar-refractivity contribution is -0.141. The maximum Gasteiger partial charge on any atom is 0.401 e. The molecular weight excluding hydrogens is 277 g/mol. The molecule has 2 atom stereocenters. The van der Waals surface area contributed by atoms with Crippen molar-refractivity contribution in [3.05, 3.63) is 0 Å². The second-order valence-electron chi connectivity index (χ2n) is 4.86. The van der Waals surface area contributed by atoms with Crippen molar-refractivity contribution in [2.45, 2.75) is 45.3 Å². The molecule has 20 heavy (non-hydrogen) atoms. The summed E-state index contributed by atoms with van der Waals surface area (Å²) in [5.41, 5.74) is 0. The Morgan fingerprint density at radius 2 is 1.80 bits per heavy atom. The standard InChI is InChI=1S/C12H21F3N2O3/c1-8(11(19)20)4-3-5-9(2)17-10(18)6-16-7-12(13,14)15/h8-9,16H,3-7H2,1-2H3,(H,17,18)(H,19,20). The van der Waals surface area contributed by atoms with Gasteiger partial charge in [-0.05, 0) is 19.8 Å². The van der Waals surface area contributed by atoms with E-state index in [4.69, 9.17) is 5.11 Å². The van der Waals surface area contributed by atoms with Gasteiger partial charge in [-0.25, -0.2) is 0 Å². The summed E-state index contributed by atoms with van der Waals surface area (Å²) >= 11 is 0. The van der Waals surface area contributed by atoms with Crippen LogP contribution in [0.4, 0.5) is 13.2 Å². The van der Waals surface area contributed by atoms with Crippen molar-refractivity contribution in [3.8, 4) is 0 Å². The number of carboxylic acids is 1. The Labute approximate surface area is 115 Å². The summed E-state index contributed by atoms with van der Waals surface area (Å²) in [4.78, 5) is 21.9. The molecule has 0 aliphatic heterocycles. The Balaban J connectivity index is 3.72. The van der Waals surface area contributed by atoms with Gasteiger partial charge >= 0.3 is 12.1 Å². The van der Waals surface area contributed by atoms with Crippen LogP contribution in [0.15, 0.2) is 0 Å². The van der Waals surface area contributed by atoms with Gasteiger partial charge in [-0.1, -0.05) is 13.3 Å². The zero-order valence-corrected chi connectivity index (χ0v) is 11.6. The van der Waals surface area contributed by atoms with E-state index in [1.165, 1.54) is 0 Å². The minimum atomic E-state index is -4.33. The molecule has 1 amide bonds. The lowest BCUT2D eigenvalue weighted by Gasteiger charge is -2.15. The third-order valence-electron chi connectivity index (χ3n) is 2.71. The van der Waals surface area contributed by atoms with Crippen molar-refractivity contribution in [1.29, 1.82) is 0 Å². The first-order valence-electron chi connectivity index (χ1n) is 6.41. The molecule has 0 heterocycles. The number of carboxylic acid groups (broad SMARTS) is 1. The Kier molecular flexibility index (Phi) is 8.21. The van der Waals surface area contributed by atoms with Gasteiger partial charge < -0.3 is 15.7 Å². The molecule has 0 radical (unpaired) electrons. The lowest BCUT2D eigenvalue weighted by atomic mass is 10.0. The second kappa shape index (κ2) is 8.78. The highest BCUT2D eigenvalue weighted by Gasteiger charge is 2.26. The molecule has 0 rings (SSSR count). The van der Waals surface area contributed by atoms with Crippen molar-refractivity contribution >= 4 is 11.9 Å². The maximum absolute atomic E-state index is 11.8. The summed E-state index contributed by atoms with van der Waals surface area (Å²) in [5.74, 6) is -1.81. The molecule has 0 bridgehead atoms. The van der Waals surface area contributed by atoms with Gasteiger partial charge in [-0.15, -0.1) is 0 Å². The predicted molar refractivity (Wildman–Crippen MR) is 67.2 cm³/mol. The molecule has 0 saturated carbocycles. The monoisotopic (exact) mass is 298 g/mol. The zero-order valence-electron chi connectivity index (χ0n) is 11.6. The molecule has 0 aromatic heterocycles. The van der Waals surface area contributed by atoms with Crippen LogP contribution in [0.5, 0.6) is 0 Å². The van der Waals surface area contributed by atoms with Gasteiger partial charge in [0.15, 0.2) is 0 Å². The van der Waals surface area contributed by atoms with Crippen LogP contribution in [0, 0.1) is 5.92 Å². The molecule has 8 heteroatoms. The van der Waals surface area contributed by atoms with E-state index in [1.54, 1.807) is 13.8 Å². The Morgan fingerprint density at radius 1 is 1.20 bits per heavy atom. The van der Waals surface area contributed by atoms with Crippen molar-refractivity contribution in [2.24, 2.45) is 5.92 Å². The Hall–Kier alpha value is -1.31. The second-order valence-corrected chi connectivity index (χ2v) is 4.86. The Bertz CT molecular complexity index is 322. The first-order chi connectivity index (χ1) is 9.11. The lowest BCUT2D eigenvalue weighted by Crippen LogP contribution is -2.41. The van der Waals surface area contributed by atoms with Crippen LogP contribution in [0.2, 0.25) is 0 Å². The van der Waals surface area contributed by atoms with Crippen LogP contribution in [0.1, 0.15) is 33.1 Å². The van der Waals surface area contributed by atoms with Crippen molar-refractivity contribution in [3.63, 3.8) is 0 Å². The van der Waals surface area contributed by atoms with E-state index in [0.29, 0.717) is 19.3 Å². The zero-order chi connectivity index (χ0) is 15.8. The van der Waals surface area contributed by atoms with E-state index >= 15 is 0 Å². The summed E-state index contributed by atoms with van der Waals surface area (Å²) in [7, 11) is 0. The van der Waals surface area contributed by atoms with Gasteiger partial charge in [0.25, 0.3) is 0 Å². The Morgan fingerprint density at radius 3 is 2.30 bits per heavy atom. The summed E-state index contributed by atoms with van der Waals surface area (Å²) < 4.78 is 35.5. The van der Waals surface area contributed by atoms with E-state index in [-0.39, 0.29) is 6.04 Å². The van der Waals surface area contributed by atoms with E-state index in [2.05, 4.69) is 5.32 Å². The molecule has 0 aliphatic rings. The van der Waals surface area contributed by atoms with E-state index in [0.717, 1.165) is 0 Å². The van der Waals surface area contributed by atoms with Gasteiger partial charge in [0.05, 0.1) is 19.0 Å². The van der Waals surface area contributed by atoms with Crippen LogP contribution in [-0.4, -0.2) is 42.3 Å². The van der Waals surface area contributed by atoms with Crippen molar-refractivity contribution in [2.75, 3.05) is 13.1 Å². The third kappa shape index (κ3) is 10.6. The summed E-state index contributed by atoms with van der Waals surface area (Å²) in [5, 5.41) is 13.2. The topological polar surface area (TPSA) is 78.4 Å². The summed E-state index contributed by atoms with van der Waals surface area (Å²) in [6, 6.07) is -0.198. The molecule has 2 unspecified atom stereocenters. The van der Waals surface area contributed by atoms with Crippen molar-refractivity contribution in [1.82, 2.24) is 10.6 Å². The minimum Gasteiger partial charge on any atom is -0.481 e. The summed E-state index contributed by atoms with van der Waals surface area (Å²) in [6.07, 6.45) is -2.62. The fourth-order valence-electron chi connectivity index (χ4n) is 1.57. The van der Waals surface area contributed by atoms with Crippen LogP contribution in [0.3, 0.4) is 0 Å². The molecule has 0 aromatic rings. The predicted octanol–water partition coefficient (Wildman–Crippen LogP) is 1.53. The number of halogens is 3. The van der Waals surface area contributed by atoms with Gasteiger partial charge in [0, 0.05) is 6.04 Å². The largest absolute Gasteiger partial charge is 0.481 e. The molecule has 0 saturated heterocycles. The van der Waals surface area contributed by atoms with Crippen LogP contribution in [-0.2, 0) is 9.59 Å². The van der Waals surface area contributed by atoms with Crippen molar-refractivity contribution < 1.29 is 27.9 Å². The van der Waals surface area contributed by atoms with Gasteiger partial charge in [0.1, 0.15) is 0 Å². The summed E-state index contributed by atoms with van der Waals surface area (Å²) in [6.45, 7) is 1.74. The molecule has 118 valence electrons. The molecule has 0 aromatic carbocycles. The van der Waals surface area contributed by atoms with Gasteiger partial charge in [-0.2, -0.15) is 13.2 Å². The average molecular weight is 298 g/mol. The number of hydrogen-bond acceptors (Lipinski definition) is 3. The highest BCUT2D eigenvalue weighted by Crippen LogP contribution is 2.12. The van der Waals surface area contributed by atoms with E-state index in [9.17, 15) is 22.8 Å².